The molecule has 0 saturated carbocycles. The van der Waals surface area contributed by atoms with Gasteiger partial charge in [-0.3, -0.25) is 4.72 Å². The Bertz CT molecular complexity index is 1070. The minimum atomic E-state index is -4.62. The quantitative estimate of drug-likeness (QED) is 0.780. The topological polar surface area (TPSA) is 83.5 Å². The Morgan fingerprint density at radius 3 is 2.15 bits per heavy atom. The lowest BCUT2D eigenvalue weighted by Crippen LogP contribution is -2.28. The molecule has 0 amide bonds. The van der Waals surface area contributed by atoms with E-state index < -0.39 is 36.6 Å². The fourth-order valence-corrected chi connectivity index (χ4v) is 5.98. The molecule has 0 radical (unpaired) electrons. The van der Waals surface area contributed by atoms with E-state index in [1.807, 2.05) is 4.72 Å². The molecule has 1 fully saturated rings. The zero-order valence-corrected chi connectivity index (χ0v) is 16.2. The fourth-order valence-electron chi connectivity index (χ4n) is 2.78. The van der Waals surface area contributed by atoms with Gasteiger partial charge in [-0.1, -0.05) is 17.7 Å². The molecule has 2 aromatic rings. The monoisotopic (exact) mass is 436 g/mol. The summed E-state index contributed by atoms with van der Waals surface area (Å²) in [6, 6.07) is 6.10. The van der Waals surface area contributed by atoms with E-state index in [0.717, 1.165) is 37.1 Å². The molecule has 0 bridgehead atoms. The summed E-state index contributed by atoms with van der Waals surface area (Å²) in [5, 5.41) is -0.0816. The average molecular weight is 437 g/mol. The third kappa shape index (κ3) is 3.93. The van der Waals surface area contributed by atoms with Crippen LogP contribution in [0.25, 0.3) is 0 Å². The van der Waals surface area contributed by atoms with Crippen molar-refractivity contribution < 1.29 is 25.6 Å². The van der Waals surface area contributed by atoms with Crippen molar-refractivity contribution in [3.63, 3.8) is 0 Å². The second kappa shape index (κ2) is 7.34. The maximum absolute atomic E-state index is 13.8. The minimum absolute atomic E-state index is 0.0816. The number of nitrogens with one attached hydrogen (secondary N) is 1. The van der Waals surface area contributed by atoms with Gasteiger partial charge in [0.2, 0.25) is 10.0 Å². The maximum atomic E-state index is 13.8. The lowest BCUT2D eigenvalue weighted by molar-refractivity contribution is 0.477. The number of anilines is 1. The number of hydrogen-bond acceptors (Lipinski definition) is 4. The summed E-state index contributed by atoms with van der Waals surface area (Å²) in [5.41, 5.74) is -0.181. The molecule has 0 aromatic heterocycles. The van der Waals surface area contributed by atoms with E-state index in [-0.39, 0.29) is 15.6 Å². The molecule has 1 aliphatic heterocycles. The summed E-state index contributed by atoms with van der Waals surface area (Å²) >= 11 is 5.99. The lowest BCUT2D eigenvalue weighted by atomic mass is 10.3. The summed E-state index contributed by atoms with van der Waals surface area (Å²) in [7, 11) is -8.53. The summed E-state index contributed by atoms with van der Waals surface area (Å²) in [6.45, 7) is 0.685. The van der Waals surface area contributed by atoms with E-state index in [2.05, 4.69) is 0 Å². The van der Waals surface area contributed by atoms with Gasteiger partial charge in [0.25, 0.3) is 10.0 Å². The Morgan fingerprint density at radius 1 is 0.963 bits per heavy atom. The van der Waals surface area contributed by atoms with Crippen LogP contribution >= 0.6 is 11.6 Å². The van der Waals surface area contributed by atoms with Crippen LogP contribution in [0.1, 0.15) is 12.8 Å². The smallest absolute Gasteiger partial charge is 0.267 e. The summed E-state index contributed by atoms with van der Waals surface area (Å²) in [5.74, 6) is -2.53. The van der Waals surface area contributed by atoms with Crippen molar-refractivity contribution in [3.05, 3.63) is 53.1 Å². The van der Waals surface area contributed by atoms with Gasteiger partial charge in [0.1, 0.15) is 16.5 Å². The van der Waals surface area contributed by atoms with Crippen molar-refractivity contribution in [1.29, 1.82) is 0 Å². The number of sulfonamides is 2. The van der Waals surface area contributed by atoms with E-state index in [4.69, 9.17) is 11.6 Å². The van der Waals surface area contributed by atoms with Crippen LogP contribution in [0, 0.1) is 11.6 Å². The molecule has 11 heteroatoms. The van der Waals surface area contributed by atoms with E-state index in [9.17, 15) is 25.6 Å². The van der Waals surface area contributed by atoms with Crippen molar-refractivity contribution >= 4 is 37.3 Å². The molecule has 1 heterocycles. The number of nitrogens with zero attached hydrogens (tertiary/aromatic N) is 1. The zero-order valence-electron chi connectivity index (χ0n) is 13.8. The third-order valence-corrected chi connectivity index (χ3v) is 7.87. The first kappa shape index (κ1) is 20.0. The highest BCUT2D eigenvalue weighted by Gasteiger charge is 2.30. The summed E-state index contributed by atoms with van der Waals surface area (Å²) < 4.78 is 81.0. The van der Waals surface area contributed by atoms with Crippen LogP contribution < -0.4 is 4.72 Å². The fraction of sp³-hybridized carbons (Fsp3) is 0.250. The molecular weight excluding hydrogens is 422 g/mol. The first-order chi connectivity index (χ1) is 12.6. The van der Waals surface area contributed by atoms with Crippen LogP contribution in [-0.2, 0) is 20.0 Å². The van der Waals surface area contributed by atoms with Crippen molar-refractivity contribution in [3.8, 4) is 0 Å². The van der Waals surface area contributed by atoms with Crippen molar-refractivity contribution in [1.82, 2.24) is 4.31 Å². The summed E-state index contributed by atoms with van der Waals surface area (Å²) in [6.07, 6.45) is 1.44. The minimum Gasteiger partial charge on any atom is -0.279 e. The highest BCUT2D eigenvalue weighted by Crippen LogP contribution is 2.31. The van der Waals surface area contributed by atoms with E-state index >= 15 is 0 Å². The number of rotatable bonds is 5. The van der Waals surface area contributed by atoms with Gasteiger partial charge in [0, 0.05) is 13.1 Å². The first-order valence-corrected chi connectivity index (χ1v) is 11.2. The molecule has 0 spiro atoms. The average Bonchev–Trinajstić information content (AvgIpc) is 3.11. The van der Waals surface area contributed by atoms with E-state index in [0.29, 0.717) is 13.1 Å². The highest BCUT2D eigenvalue weighted by atomic mass is 35.5. The van der Waals surface area contributed by atoms with Gasteiger partial charge in [0.05, 0.1) is 10.7 Å². The Labute approximate surface area is 160 Å². The summed E-state index contributed by atoms with van der Waals surface area (Å²) in [4.78, 5) is -1.43. The van der Waals surface area contributed by atoms with Crippen molar-refractivity contribution in [2.24, 2.45) is 0 Å². The molecule has 6 nitrogen and oxygen atoms in total. The van der Waals surface area contributed by atoms with Crippen LogP contribution in [0.5, 0.6) is 0 Å². The molecule has 3 rings (SSSR count). The molecule has 1 aliphatic rings. The zero-order chi connectivity index (χ0) is 19.8. The molecule has 146 valence electrons. The number of hydrogen-bond donors (Lipinski definition) is 1. The van der Waals surface area contributed by atoms with Gasteiger partial charge in [-0.25, -0.2) is 25.6 Å². The van der Waals surface area contributed by atoms with Crippen LogP contribution in [0.2, 0.25) is 5.02 Å². The van der Waals surface area contributed by atoms with Gasteiger partial charge in [-0.05, 0) is 43.2 Å². The molecule has 0 atom stereocenters. The molecule has 27 heavy (non-hydrogen) atoms. The number of benzene rings is 2. The molecule has 0 aliphatic carbocycles. The second-order valence-electron chi connectivity index (χ2n) is 5.91. The highest BCUT2D eigenvalue weighted by molar-refractivity contribution is 7.92. The van der Waals surface area contributed by atoms with Crippen LogP contribution in [0.3, 0.4) is 0 Å². The molecule has 1 N–H and O–H groups in total. The van der Waals surface area contributed by atoms with Crippen LogP contribution in [0.4, 0.5) is 14.5 Å². The van der Waals surface area contributed by atoms with Crippen LogP contribution in [0.15, 0.2) is 46.2 Å². The van der Waals surface area contributed by atoms with Gasteiger partial charge < -0.3 is 0 Å². The Balaban J connectivity index is 2.00. The largest absolute Gasteiger partial charge is 0.279 e. The normalized spacial score (nSPS) is 15.8. The SMILES string of the molecule is O=S(=O)(Nc1ccc(Cl)c(S(=O)(=O)N2CCCC2)c1)c1c(F)cccc1F. The van der Waals surface area contributed by atoms with Crippen molar-refractivity contribution in [2.75, 3.05) is 17.8 Å². The maximum Gasteiger partial charge on any atom is 0.267 e. The standard InChI is InChI=1S/C16H15ClF2N2O4S2/c17-12-7-6-11(10-15(12)27(24,25)21-8-1-2-9-21)20-26(22,23)16-13(18)4-3-5-14(16)19/h3-7,10,20H,1-2,8-9H2. The Morgan fingerprint density at radius 2 is 1.56 bits per heavy atom. The first-order valence-electron chi connectivity index (χ1n) is 7.89. The van der Waals surface area contributed by atoms with Crippen LogP contribution in [-0.4, -0.2) is 34.2 Å². The Kier molecular flexibility index (Phi) is 5.44. The van der Waals surface area contributed by atoms with E-state index in [1.54, 1.807) is 0 Å². The third-order valence-electron chi connectivity index (χ3n) is 4.05. The molecular formula is C16H15ClF2N2O4S2. The van der Waals surface area contributed by atoms with Crippen molar-refractivity contribution in [2.45, 2.75) is 22.6 Å². The van der Waals surface area contributed by atoms with Gasteiger partial charge in [0.15, 0.2) is 4.90 Å². The molecule has 0 unspecified atom stereocenters. The molecule has 2 aromatic carbocycles. The molecule has 1 saturated heterocycles. The van der Waals surface area contributed by atoms with Gasteiger partial charge in [-0.2, -0.15) is 4.31 Å². The predicted octanol–water partition coefficient (Wildman–Crippen LogP) is 3.20. The second-order valence-corrected chi connectivity index (χ2v) is 9.85. The lowest BCUT2D eigenvalue weighted by Gasteiger charge is -2.17. The number of halogens is 3. The Hall–Kier alpha value is -1.75. The van der Waals surface area contributed by atoms with Gasteiger partial charge >= 0.3 is 0 Å². The van der Waals surface area contributed by atoms with E-state index in [1.165, 1.54) is 16.4 Å². The van der Waals surface area contributed by atoms with Gasteiger partial charge in [-0.15, -0.1) is 0 Å². The predicted molar refractivity (Wildman–Crippen MR) is 96.6 cm³/mol.